The number of nitrogens with zero attached hydrogens (tertiary/aromatic N) is 4. The molecule has 0 saturated heterocycles. The van der Waals surface area contributed by atoms with Crippen molar-refractivity contribution in [2.75, 3.05) is 12.4 Å². The monoisotopic (exact) mass is 188 g/mol. The highest BCUT2D eigenvalue weighted by Crippen LogP contribution is 2.11. The summed E-state index contributed by atoms with van der Waals surface area (Å²) in [5.74, 6) is -0.0342. The van der Waals surface area contributed by atoms with E-state index in [2.05, 4.69) is 15.5 Å². The Hall–Kier alpha value is -0.950. The normalized spacial score (nSPS) is 10.2. The first-order chi connectivity index (χ1) is 5.74. The van der Waals surface area contributed by atoms with Crippen LogP contribution in [0, 0.1) is 0 Å². The van der Waals surface area contributed by atoms with Crippen LogP contribution in [0.3, 0.4) is 0 Å². The summed E-state index contributed by atoms with van der Waals surface area (Å²) in [4.78, 5) is 10.7. The Balaban J connectivity index is 2.43. The smallest absolute Gasteiger partial charge is 0.209 e. The summed E-state index contributed by atoms with van der Waals surface area (Å²) < 4.78 is 1.47. The predicted molar refractivity (Wildman–Crippen MR) is 41.6 cm³/mol. The Morgan fingerprint density at radius 1 is 1.75 bits per heavy atom. The first kappa shape index (κ1) is 9.14. The lowest BCUT2D eigenvalue weighted by molar-refractivity contribution is -0.119. The summed E-state index contributed by atoms with van der Waals surface area (Å²) in [6.07, 6.45) is 0. The van der Waals surface area contributed by atoms with Crippen LogP contribution < -0.4 is 0 Å². The number of hydrogen-bond donors (Lipinski definition) is 1. The van der Waals surface area contributed by atoms with Crippen molar-refractivity contribution in [2.24, 2.45) is 7.05 Å². The number of carbonyl (C=O) groups excluding carboxylic acids is 1. The molecular formula is C5H8N4O2S. The topological polar surface area (TPSA) is 80.9 Å². The van der Waals surface area contributed by atoms with Crippen molar-refractivity contribution in [3.8, 4) is 0 Å². The molecule has 0 unspecified atom stereocenters. The highest BCUT2D eigenvalue weighted by atomic mass is 32.2. The number of aryl methyl sites for hydroxylation is 1. The van der Waals surface area contributed by atoms with Crippen molar-refractivity contribution in [2.45, 2.75) is 5.16 Å². The molecule has 0 aliphatic carbocycles. The van der Waals surface area contributed by atoms with Gasteiger partial charge in [0.2, 0.25) is 5.16 Å². The van der Waals surface area contributed by atoms with Crippen molar-refractivity contribution < 1.29 is 9.90 Å². The molecule has 66 valence electrons. The third-order valence-corrected chi connectivity index (χ3v) is 2.19. The van der Waals surface area contributed by atoms with Gasteiger partial charge in [0.15, 0.2) is 5.78 Å². The Bertz CT molecular complexity index is 274. The highest BCUT2D eigenvalue weighted by molar-refractivity contribution is 7.99. The van der Waals surface area contributed by atoms with E-state index in [1.807, 2.05) is 0 Å². The fourth-order valence-corrected chi connectivity index (χ4v) is 1.23. The Labute approximate surface area is 73.0 Å². The second-order valence-corrected chi connectivity index (χ2v) is 3.01. The first-order valence-electron chi connectivity index (χ1n) is 3.21. The van der Waals surface area contributed by atoms with Crippen molar-refractivity contribution >= 4 is 17.5 Å². The fraction of sp³-hybridized carbons (Fsp3) is 0.600. The summed E-state index contributed by atoms with van der Waals surface area (Å²) in [6, 6.07) is 0. The average molecular weight is 188 g/mol. The molecule has 1 aromatic rings. The van der Waals surface area contributed by atoms with Gasteiger partial charge in [-0.15, -0.1) is 5.10 Å². The van der Waals surface area contributed by atoms with Crippen LogP contribution in [0.4, 0.5) is 0 Å². The SMILES string of the molecule is Cn1nnnc1SCC(=O)CO. The lowest BCUT2D eigenvalue weighted by atomic mass is 10.5. The summed E-state index contributed by atoms with van der Waals surface area (Å²) in [6.45, 7) is -0.432. The minimum atomic E-state index is -0.432. The molecule has 6 nitrogen and oxygen atoms in total. The molecule has 1 heterocycles. The number of aliphatic hydroxyl groups is 1. The van der Waals surface area contributed by atoms with Gasteiger partial charge in [-0.2, -0.15) is 0 Å². The van der Waals surface area contributed by atoms with E-state index >= 15 is 0 Å². The maximum atomic E-state index is 10.7. The molecule has 0 bridgehead atoms. The van der Waals surface area contributed by atoms with E-state index in [0.717, 1.165) is 0 Å². The zero-order chi connectivity index (χ0) is 8.97. The molecule has 0 spiro atoms. The summed E-state index contributed by atoms with van der Waals surface area (Å²) in [7, 11) is 1.69. The predicted octanol–water partition coefficient (Wildman–Crippen LogP) is -1.14. The zero-order valence-corrected chi connectivity index (χ0v) is 7.28. The van der Waals surface area contributed by atoms with Crippen LogP contribution in [0.2, 0.25) is 0 Å². The second kappa shape index (κ2) is 4.17. The van der Waals surface area contributed by atoms with Crippen LogP contribution in [-0.2, 0) is 11.8 Å². The van der Waals surface area contributed by atoms with Crippen LogP contribution in [0.15, 0.2) is 5.16 Å². The van der Waals surface area contributed by atoms with Gasteiger partial charge >= 0.3 is 0 Å². The maximum absolute atomic E-state index is 10.7. The van der Waals surface area contributed by atoms with E-state index in [1.165, 1.54) is 16.4 Å². The molecule has 1 rings (SSSR count). The number of aliphatic hydroxyl groups excluding tert-OH is 1. The standard InChI is InChI=1S/C5H8N4O2S/c1-9-5(6-7-8-9)12-3-4(11)2-10/h10H,2-3H2,1H3. The maximum Gasteiger partial charge on any atom is 0.209 e. The van der Waals surface area contributed by atoms with Gasteiger partial charge in [-0.1, -0.05) is 11.8 Å². The van der Waals surface area contributed by atoms with E-state index in [1.54, 1.807) is 7.05 Å². The molecule has 0 amide bonds. The number of hydrogen-bond acceptors (Lipinski definition) is 6. The number of tetrazole rings is 1. The molecule has 1 aromatic heterocycles. The molecule has 12 heavy (non-hydrogen) atoms. The third-order valence-electron chi connectivity index (χ3n) is 1.12. The van der Waals surface area contributed by atoms with Gasteiger partial charge in [0.1, 0.15) is 6.61 Å². The Morgan fingerprint density at radius 2 is 2.50 bits per heavy atom. The first-order valence-corrected chi connectivity index (χ1v) is 4.20. The lowest BCUT2D eigenvalue weighted by Gasteiger charge is -1.95. The van der Waals surface area contributed by atoms with Crippen LogP contribution in [0.1, 0.15) is 0 Å². The van der Waals surface area contributed by atoms with E-state index in [4.69, 9.17) is 5.11 Å². The van der Waals surface area contributed by atoms with Gasteiger partial charge in [0.05, 0.1) is 5.75 Å². The lowest BCUT2D eigenvalue weighted by Crippen LogP contribution is -2.07. The zero-order valence-electron chi connectivity index (χ0n) is 6.47. The summed E-state index contributed by atoms with van der Waals surface area (Å²) >= 11 is 1.20. The molecule has 0 aromatic carbocycles. The number of Topliss-reactive ketones (excluding diaryl/α,β-unsaturated/α-hetero) is 1. The van der Waals surface area contributed by atoms with Gasteiger partial charge in [0.25, 0.3) is 0 Å². The molecule has 0 aliphatic heterocycles. The van der Waals surface area contributed by atoms with Crippen molar-refractivity contribution in [1.29, 1.82) is 0 Å². The van der Waals surface area contributed by atoms with Crippen molar-refractivity contribution in [3.63, 3.8) is 0 Å². The number of thioether (sulfide) groups is 1. The van der Waals surface area contributed by atoms with Gasteiger partial charge in [0, 0.05) is 7.05 Å². The van der Waals surface area contributed by atoms with E-state index in [9.17, 15) is 4.79 Å². The number of aromatic nitrogens is 4. The fourth-order valence-electron chi connectivity index (χ4n) is 0.534. The molecule has 0 atom stereocenters. The highest BCUT2D eigenvalue weighted by Gasteiger charge is 2.05. The molecule has 0 aliphatic rings. The number of rotatable bonds is 4. The van der Waals surface area contributed by atoms with Crippen LogP contribution in [0.25, 0.3) is 0 Å². The van der Waals surface area contributed by atoms with Crippen LogP contribution in [-0.4, -0.2) is 43.5 Å². The minimum Gasteiger partial charge on any atom is -0.389 e. The quantitative estimate of drug-likeness (QED) is 0.602. The largest absolute Gasteiger partial charge is 0.389 e. The molecular weight excluding hydrogens is 180 g/mol. The molecule has 0 saturated carbocycles. The van der Waals surface area contributed by atoms with Crippen molar-refractivity contribution in [1.82, 2.24) is 20.2 Å². The average Bonchev–Trinajstić information content (AvgIpc) is 2.47. The summed E-state index contributed by atoms with van der Waals surface area (Å²) in [5, 5.41) is 19.6. The van der Waals surface area contributed by atoms with Crippen LogP contribution in [0.5, 0.6) is 0 Å². The van der Waals surface area contributed by atoms with Crippen molar-refractivity contribution in [3.05, 3.63) is 0 Å². The van der Waals surface area contributed by atoms with Gasteiger partial charge < -0.3 is 5.11 Å². The van der Waals surface area contributed by atoms with E-state index in [0.29, 0.717) is 5.16 Å². The Morgan fingerprint density at radius 3 is 3.00 bits per heavy atom. The third kappa shape index (κ3) is 2.28. The second-order valence-electron chi connectivity index (χ2n) is 2.07. The molecule has 0 radical (unpaired) electrons. The van der Waals surface area contributed by atoms with E-state index in [-0.39, 0.29) is 11.5 Å². The van der Waals surface area contributed by atoms with Crippen LogP contribution >= 0.6 is 11.8 Å². The van der Waals surface area contributed by atoms with E-state index < -0.39 is 6.61 Å². The number of ketones is 1. The Kier molecular flexibility index (Phi) is 3.18. The number of carbonyl (C=O) groups is 1. The van der Waals surface area contributed by atoms with Gasteiger partial charge in [-0.05, 0) is 10.4 Å². The van der Waals surface area contributed by atoms with Gasteiger partial charge in [-0.25, -0.2) is 4.68 Å². The molecule has 7 heteroatoms. The minimum absolute atomic E-state index is 0.199. The summed E-state index contributed by atoms with van der Waals surface area (Å²) in [5.41, 5.74) is 0. The molecule has 0 fully saturated rings. The molecule has 1 N–H and O–H groups in total. The van der Waals surface area contributed by atoms with Gasteiger partial charge in [-0.3, -0.25) is 4.79 Å².